The van der Waals surface area contributed by atoms with Crippen LogP contribution in [0.1, 0.15) is 38.8 Å². The van der Waals surface area contributed by atoms with Gasteiger partial charge < -0.3 is 0 Å². The van der Waals surface area contributed by atoms with Crippen LogP contribution >= 0.6 is 11.6 Å². The smallest absolute Gasteiger partial charge is 0.00777 e. The summed E-state index contributed by atoms with van der Waals surface area (Å²) in [5.74, 6) is 0. The third-order valence-electron chi connectivity index (χ3n) is 2.37. The molecule has 76 valence electrons. The second-order valence-electron chi connectivity index (χ2n) is 4.62. The van der Waals surface area contributed by atoms with E-state index in [1.165, 1.54) is 11.1 Å². The first-order valence-corrected chi connectivity index (χ1v) is 5.26. The Morgan fingerprint density at radius 3 is 2.00 bits per heavy atom. The van der Waals surface area contributed by atoms with Crippen LogP contribution in [0.15, 0.2) is 29.8 Å². The van der Waals surface area contributed by atoms with Crippen LogP contribution in [0.2, 0.25) is 0 Å². The lowest BCUT2D eigenvalue weighted by Gasteiger charge is -2.19. The predicted octanol–water partition coefficient (Wildman–Crippen LogP) is 4.58. The van der Waals surface area contributed by atoms with E-state index in [0.717, 1.165) is 5.57 Å². The molecule has 14 heavy (non-hydrogen) atoms. The molecule has 0 heterocycles. The van der Waals surface area contributed by atoms with Crippen LogP contribution in [-0.2, 0) is 5.41 Å². The van der Waals surface area contributed by atoms with Crippen molar-refractivity contribution in [2.45, 2.75) is 33.1 Å². The molecule has 0 saturated heterocycles. The Morgan fingerprint density at radius 1 is 1.14 bits per heavy atom. The SMILES string of the molecule is C/C(=C\Cl)c1ccc(C(C)(C)C)cc1. The maximum absolute atomic E-state index is 5.65. The number of rotatable bonds is 1. The van der Waals surface area contributed by atoms with Gasteiger partial charge in [-0.3, -0.25) is 0 Å². The highest BCUT2D eigenvalue weighted by molar-refractivity contribution is 6.28. The number of hydrogen-bond acceptors (Lipinski definition) is 0. The summed E-state index contributed by atoms with van der Waals surface area (Å²) in [5, 5.41) is 0. The van der Waals surface area contributed by atoms with E-state index in [2.05, 4.69) is 45.0 Å². The van der Waals surface area contributed by atoms with Crippen molar-refractivity contribution < 1.29 is 0 Å². The van der Waals surface area contributed by atoms with E-state index in [0.29, 0.717) is 0 Å². The van der Waals surface area contributed by atoms with E-state index in [4.69, 9.17) is 11.6 Å². The van der Waals surface area contributed by atoms with Crippen molar-refractivity contribution in [3.8, 4) is 0 Å². The van der Waals surface area contributed by atoms with Gasteiger partial charge in [-0.15, -0.1) is 0 Å². The van der Waals surface area contributed by atoms with Gasteiger partial charge in [0.15, 0.2) is 0 Å². The Labute approximate surface area is 91.6 Å². The molecule has 0 unspecified atom stereocenters. The van der Waals surface area contributed by atoms with Crippen molar-refractivity contribution in [3.05, 3.63) is 40.9 Å². The highest BCUT2D eigenvalue weighted by Gasteiger charge is 2.12. The molecule has 1 aromatic carbocycles. The average molecular weight is 209 g/mol. The van der Waals surface area contributed by atoms with E-state index in [9.17, 15) is 0 Å². The van der Waals surface area contributed by atoms with Crippen LogP contribution in [0.3, 0.4) is 0 Å². The van der Waals surface area contributed by atoms with Crippen molar-refractivity contribution in [2.75, 3.05) is 0 Å². The average Bonchev–Trinajstić information content (AvgIpc) is 2.15. The van der Waals surface area contributed by atoms with Gasteiger partial charge in [-0.1, -0.05) is 56.6 Å². The van der Waals surface area contributed by atoms with Gasteiger partial charge in [-0.05, 0) is 29.0 Å². The first kappa shape index (κ1) is 11.3. The van der Waals surface area contributed by atoms with Crippen LogP contribution in [0.4, 0.5) is 0 Å². The summed E-state index contributed by atoms with van der Waals surface area (Å²) in [5.41, 5.74) is 5.48. The van der Waals surface area contributed by atoms with Gasteiger partial charge in [0.25, 0.3) is 0 Å². The highest BCUT2D eigenvalue weighted by Crippen LogP contribution is 2.24. The molecule has 1 heteroatoms. The number of halogens is 1. The molecule has 0 N–H and O–H groups in total. The Balaban J connectivity index is 3.01. The van der Waals surface area contributed by atoms with E-state index in [1.54, 1.807) is 5.54 Å². The van der Waals surface area contributed by atoms with Gasteiger partial charge in [0.1, 0.15) is 0 Å². The van der Waals surface area contributed by atoms with Gasteiger partial charge in [-0.25, -0.2) is 0 Å². The lowest BCUT2D eigenvalue weighted by Crippen LogP contribution is -2.10. The molecule has 0 amide bonds. The van der Waals surface area contributed by atoms with Gasteiger partial charge in [0, 0.05) is 5.54 Å². The number of hydrogen-bond donors (Lipinski definition) is 0. The van der Waals surface area contributed by atoms with Gasteiger partial charge in [-0.2, -0.15) is 0 Å². The summed E-state index contributed by atoms with van der Waals surface area (Å²) in [6.45, 7) is 8.66. The molecule has 0 spiro atoms. The molecule has 0 aliphatic heterocycles. The second kappa shape index (κ2) is 4.18. The normalized spacial score (nSPS) is 13.1. The van der Waals surface area contributed by atoms with Gasteiger partial charge in [0.2, 0.25) is 0 Å². The zero-order valence-electron chi connectivity index (χ0n) is 9.26. The second-order valence-corrected chi connectivity index (χ2v) is 4.84. The summed E-state index contributed by atoms with van der Waals surface area (Å²) in [7, 11) is 0. The molecule has 0 saturated carbocycles. The van der Waals surface area contributed by atoms with Gasteiger partial charge >= 0.3 is 0 Å². The van der Waals surface area contributed by atoms with E-state index in [1.807, 2.05) is 6.92 Å². The predicted molar refractivity (Wildman–Crippen MR) is 64.6 cm³/mol. The van der Waals surface area contributed by atoms with E-state index >= 15 is 0 Å². The fourth-order valence-corrected chi connectivity index (χ4v) is 1.42. The summed E-state index contributed by atoms with van der Waals surface area (Å²) in [4.78, 5) is 0. The van der Waals surface area contributed by atoms with Crippen molar-refractivity contribution in [1.29, 1.82) is 0 Å². The first-order chi connectivity index (χ1) is 6.45. The highest BCUT2D eigenvalue weighted by atomic mass is 35.5. The molecule has 0 nitrogen and oxygen atoms in total. The van der Waals surface area contributed by atoms with E-state index < -0.39 is 0 Å². The minimum Gasteiger partial charge on any atom is -0.0926 e. The van der Waals surface area contributed by atoms with Crippen LogP contribution in [0.5, 0.6) is 0 Å². The third kappa shape index (κ3) is 2.62. The van der Waals surface area contributed by atoms with Crippen LogP contribution < -0.4 is 0 Å². The molecule has 0 atom stereocenters. The quantitative estimate of drug-likeness (QED) is 0.634. The maximum atomic E-state index is 5.65. The molecular formula is C13H17Cl. The fraction of sp³-hybridized carbons (Fsp3) is 0.385. The Kier molecular flexibility index (Phi) is 3.38. The van der Waals surface area contributed by atoms with Crippen molar-refractivity contribution in [1.82, 2.24) is 0 Å². The minimum absolute atomic E-state index is 0.219. The monoisotopic (exact) mass is 208 g/mol. The zero-order valence-corrected chi connectivity index (χ0v) is 10.0. The van der Waals surface area contributed by atoms with E-state index in [-0.39, 0.29) is 5.41 Å². The van der Waals surface area contributed by atoms with Crippen molar-refractivity contribution in [3.63, 3.8) is 0 Å². The molecule has 0 aliphatic rings. The topological polar surface area (TPSA) is 0 Å². The largest absolute Gasteiger partial charge is 0.0926 e. The molecule has 0 aromatic heterocycles. The summed E-state index contributed by atoms with van der Waals surface area (Å²) >= 11 is 5.65. The Hall–Kier alpha value is -0.750. The zero-order chi connectivity index (χ0) is 10.8. The minimum atomic E-state index is 0.219. The first-order valence-electron chi connectivity index (χ1n) is 4.83. The van der Waals surface area contributed by atoms with Crippen LogP contribution in [0.25, 0.3) is 5.57 Å². The molecule has 1 rings (SSSR count). The fourth-order valence-electron chi connectivity index (χ4n) is 1.30. The standard InChI is InChI=1S/C13H17Cl/c1-10(9-14)11-5-7-12(8-6-11)13(2,3)4/h5-9H,1-4H3/b10-9+. The maximum Gasteiger partial charge on any atom is 0.00777 e. The molecule has 1 aromatic rings. The molecular weight excluding hydrogens is 192 g/mol. The molecule has 0 aliphatic carbocycles. The summed E-state index contributed by atoms with van der Waals surface area (Å²) < 4.78 is 0. The lowest BCUT2D eigenvalue weighted by molar-refractivity contribution is 0.590. The molecule has 0 bridgehead atoms. The lowest BCUT2D eigenvalue weighted by atomic mass is 9.86. The number of benzene rings is 1. The van der Waals surface area contributed by atoms with Crippen molar-refractivity contribution in [2.24, 2.45) is 0 Å². The molecule has 0 fully saturated rings. The Bertz CT molecular complexity index is 325. The van der Waals surface area contributed by atoms with Crippen LogP contribution in [-0.4, -0.2) is 0 Å². The summed E-state index contributed by atoms with van der Waals surface area (Å²) in [6.07, 6.45) is 0. The summed E-state index contributed by atoms with van der Waals surface area (Å²) in [6, 6.07) is 8.57. The van der Waals surface area contributed by atoms with Crippen LogP contribution in [0, 0.1) is 0 Å². The Morgan fingerprint density at radius 2 is 1.64 bits per heavy atom. The molecule has 0 radical (unpaired) electrons. The number of allylic oxidation sites excluding steroid dienone is 1. The van der Waals surface area contributed by atoms with Crippen molar-refractivity contribution >= 4 is 17.2 Å². The third-order valence-corrected chi connectivity index (χ3v) is 2.70. The van der Waals surface area contributed by atoms with Gasteiger partial charge in [0.05, 0.1) is 0 Å².